The molecule has 1 saturated carbocycles. The lowest BCUT2D eigenvalue weighted by molar-refractivity contribution is -0.137. The van der Waals surface area contributed by atoms with Crippen LogP contribution >= 0.6 is 0 Å². The zero-order chi connectivity index (χ0) is 20.1. The zero-order valence-corrected chi connectivity index (χ0v) is 14.7. The molecule has 1 fully saturated rings. The molecule has 10 heteroatoms. The van der Waals surface area contributed by atoms with Crippen LogP contribution < -0.4 is 5.32 Å². The fraction of sp³-hybridized carbons (Fsp3) is 0.333. The first-order valence-electron chi connectivity index (χ1n) is 8.50. The van der Waals surface area contributed by atoms with Crippen molar-refractivity contribution < 1.29 is 23.4 Å². The van der Waals surface area contributed by atoms with Gasteiger partial charge >= 0.3 is 6.18 Å². The molecule has 0 bridgehead atoms. The van der Waals surface area contributed by atoms with E-state index in [0.717, 1.165) is 0 Å². The fourth-order valence-electron chi connectivity index (χ4n) is 3.37. The van der Waals surface area contributed by atoms with Crippen molar-refractivity contribution in [1.82, 2.24) is 20.2 Å². The number of hydrogen-bond acceptors (Lipinski definition) is 7. The number of aromatic hydroxyl groups is 1. The summed E-state index contributed by atoms with van der Waals surface area (Å²) in [6, 6.07) is 2.33. The van der Waals surface area contributed by atoms with Gasteiger partial charge in [-0.05, 0) is 31.9 Å². The standard InChI is InChI=1S/C18H16F3N5O2/c1-17(28)5-10(6-17)24-16-11-2-3-22-8-12(11)14(25-26-16)15-13(27)4-9(7-23-15)18(19,20)21/h2-4,7-8,10,27-28H,5-6H2,1H3,(H,24,26). The monoisotopic (exact) mass is 391 g/mol. The van der Waals surface area contributed by atoms with Gasteiger partial charge in [0.1, 0.15) is 17.1 Å². The van der Waals surface area contributed by atoms with E-state index in [4.69, 9.17) is 0 Å². The summed E-state index contributed by atoms with van der Waals surface area (Å²) in [5.74, 6) is -0.182. The Balaban J connectivity index is 1.74. The fourth-order valence-corrected chi connectivity index (χ4v) is 3.37. The lowest BCUT2D eigenvalue weighted by Gasteiger charge is -2.41. The van der Waals surface area contributed by atoms with Gasteiger partial charge in [-0.25, -0.2) is 4.98 Å². The molecule has 0 atom stereocenters. The summed E-state index contributed by atoms with van der Waals surface area (Å²) in [5.41, 5.74) is -1.75. The number of anilines is 1. The summed E-state index contributed by atoms with van der Waals surface area (Å²) in [6.07, 6.45) is 0.183. The van der Waals surface area contributed by atoms with E-state index >= 15 is 0 Å². The van der Waals surface area contributed by atoms with Crippen molar-refractivity contribution in [2.24, 2.45) is 0 Å². The Bertz CT molecular complexity index is 1050. The first-order chi connectivity index (χ1) is 13.1. The molecule has 3 heterocycles. The summed E-state index contributed by atoms with van der Waals surface area (Å²) < 4.78 is 38.4. The third-order valence-corrected chi connectivity index (χ3v) is 4.71. The van der Waals surface area contributed by atoms with E-state index in [1.807, 2.05) is 0 Å². The molecular weight excluding hydrogens is 375 g/mol. The summed E-state index contributed by atoms with van der Waals surface area (Å²) in [5, 5.41) is 32.5. The summed E-state index contributed by atoms with van der Waals surface area (Å²) in [6.45, 7) is 1.75. The van der Waals surface area contributed by atoms with Gasteiger partial charge in [-0.2, -0.15) is 13.2 Å². The minimum Gasteiger partial charge on any atom is -0.506 e. The minimum atomic E-state index is -4.62. The molecule has 3 aromatic rings. The molecule has 0 spiro atoms. The third kappa shape index (κ3) is 3.31. The van der Waals surface area contributed by atoms with Crippen LogP contribution in [0.3, 0.4) is 0 Å². The molecule has 0 saturated heterocycles. The van der Waals surface area contributed by atoms with Crippen molar-refractivity contribution in [3.8, 4) is 17.1 Å². The molecule has 7 nitrogen and oxygen atoms in total. The van der Waals surface area contributed by atoms with Crippen LogP contribution in [0.15, 0.2) is 30.7 Å². The molecule has 0 aromatic carbocycles. The normalized spacial score (nSPS) is 22.1. The Morgan fingerprint density at radius 2 is 1.89 bits per heavy atom. The summed E-state index contributed by atoms with van der Waals surface area (Å²) >= 11 is 0. The van der Waals surface area contributed by atoms with Gasteiger partial charge < -0.3 is 15.5 Å². The van der Waals surface area contributed by atoms with Crippen molar-refractivity contribution in [3.05, 3.63) is 36.3 Å². The molecule has 1 aliphatic rings. The van der Waals surface area contributed by atoms with E-state index in [2.05, 4.69) is 25.5 Å². The maximum Gasteiger partial charge on any atom is 0.418 e. The van der Waals surface area contributed by atoms with Gasteiger partial charge in [-0.1, -0.05) is 0 Å². The molecule has 3 aromatic heterocycles. The number of aliphatic hydroxyl groups is 1. The lowest BCUT2D eigenvalue weighted by atomic mass is 9.77. The molecule has 0 radical (unpaired) electrons. The first kappa shape index (κ1) is 18.4. The highest BCUT2D eigenvalue weighted by Gasteiger charge is 2.38. The highest BCUT2D eigenvalue weighted by atomic mass is 19.4. The van der Waals surface area contributed by atoms with E-state index in [9.17, 15) is 23.4 Å². The SMILES string of the molecule is CC1(O)CC(Nc2nnc(-c3ncc(C(F)(F)F)cc3O)c3cnccc23)C1. The summed E-state index contributed by atoms with van der Waals surface area (Å²) in [4.78, 5) is 7.79. The second kappa shape index (κ2) is 6.26. The van der Waals surface area contributed by atoms with Gasteiger partial charge in [-0.3, -0.25) is 4.98 Å². The lowest BCUT2D eigenvalue weighted by Crippen LogP contribution is -2.48. The quantitative estimate of drug-likeness (QED) is 0.630. The van der Waals surface area contributed by atoms with Crippen LogP contribution in [-0.4, -0.2) is 42.0 Å². The zero-order valence-electron chi connectivity index (χ0n) is 14.7. The average molecular weight is 391 g/mol. The number of fused-ring (bicyclic) bond motifs is 1. The molecule has 146 valence electrons. The first-order valence-corrected chi connectivity index (χ1v) is 8.50. The molecule has 4 rings (SSSR count). The molecule has 1 aliphatic carbocycles. The van der Waals surface area contributed by atoms with Crippen molar-refractivity contribution in [3.63, 3.8) is 0 Å². The van der Waals surface area contributed by atoms with Crippen LogP contribution in [0.1, 0.15) is 25.3 Å². The summed E-state index contributed by atoms with van der Waals surface area (Å²) in [7, 11) is 0. The predicted octanol–water partition coefficient (Wildman–Crippen LogP) is 3.14. The van der Waals surface area contributed by atoms with E-state index < -0.39 is 23.1 Å². The van der Waals surface area contributed by atoms with Gasteiger partial charge in [0.25, 0.3) is 0 Å². The van der Waals surface area contributed by atoms with Crippen LogP contribution in [0.2, 0.25) is 0 Å². The Kier molecular flexibility index (Phi) is 4.11. The van der Waals surface area contributed by atoms with E-state index in [-0.39, 0.29) is 17.4 Å². The molecule has 0 unspecified atom stereocenters. The predicted molar refractivity (Wildman–Crippen MR) is 94.5 cm³/mol. The highest BCUT2D eigenvalue weighted by molar-refractivity contribution is 5.99. The molecule has 0 aliphatic heterocycles. The number of halogens is 3. The number of aromatic nitrogens is 4. The van der Waals surface area contributed by atoms with Crippen LogP contribution in [0.4, 0.5) is 19.0 Å². The number of nitrogens with zero attached hydrogens (tertiary/aromatic N) is 4. The molecular formula is C18H16F3N5O2. The third-order valence-electron chi connectivity index (χ3n) is 4.71. The Labute approximate surface area is 157 Å². The van der Waals surface area contributed by atoms with Crippen molar-refractivity contribution in [2.45, 2.75) is 37.6 Å². The maximum absolute atomic E-state index is 12.8. The van der Waals surface area contributed by atoms with Crippen LogP contribution in [-0.2, 0) is 6.18 Å². The maximum atomic E-state index is 12.8. The Hall–Kier alpha value is -3.01. The largest absolute Gasteiger partial charge is 0.506 e. The molecule has 0 amide bonds. The van der Waals surface area contributed by atoms with Crippen molar-refractivity contribution in [1.29, 1.82) is 0 Å². The topological polar surface area (TPSA) is 104 Å². The van der Waals surface area contributed by atoms with Crippen LogP contribution in [0.25, 0.3) is 22.2 Å². The van der Waals surface area contributed by atoms with Crippen molar-refractivity contribution >= 4 is 16.6 Å². The van der Waals surface area contributed by atoms with Gasteiger partial charge in [-0.15, -0.1) is 10.2 Å². The number of pyridine rings is 2. The van der Waals surface area contributed by atoms with Crippen molar-refractivity contribution in [2.75, 3.05) is 5.32 Å². The van der Waals surface area contributed by atoms with Gasteiger partial charge in [0, 0.05) is 35.4 Å². The number of rotatable bonds is 3. The smallest absolute Gasteiger partial charge is 0.418 e. The highest BCUT2D eigenvalue weighted by Crippen LogP contribution is 2.38. The van der Waals surface area contributed by atoms with E-state index in [0.29, 0.717) is 41.7 Å². The van der Waals surface area contributed by atoms with Gasteiger partial charge in [0.05, 0.1) is 11.2 Å². The van der Waals surface area contributed by atoms with Crippen LogP contribution in [0, 0.1) is 0 Å². The molecule has 28 heavy (non-hydrogen) atoms. The minimum absolute atomic E-state index is 0.0316. The number of nitrogens with one attached hydrogen (secondary N) is 1. The second-order valence-electron chi connectivity index (χ2n) is 7.15. The number of alkyl halides is 3. The van der Waals surface area contributed by atoms with E-state index in [1.165, 1.54) is 6.20 Å². The van der Waals surface area contributed by atoms with Gasteiger partial charge in [0.15, 0.2) is 5.82 Å². The Morgan fingerprint density at radius 1 is 1.14 bits per heavy atom. The number of hydrogen-bond donors (Lipinski definition) is 3. The second-order valence-corrected chi connectivity index (χ2v) is 7.15. The molecule has 3 N–H and O–H groups in total. The van der Waals surface area contributed by atoms with Gasteiger partial charge in [0.2, 0.25) is 0 Å². The Morgan fingerprint density at radius 3 is 2.54 bits per heavy atom. The van der Waals surface area contributed by atoms with Crippen LogP contribution in [0.5, 0.6) is 5.75 Å². The van der Waals surface area contributed by atoms with E-state index in [1.54, 1.807) is 19.2 Å². The average Bonchev–Trinajstić information content (AvgIpc) is 2.60.